The molecular weight excluding hydrogens is 273 g/mol. The summed E-state index contributed by atoms with van der Waals surface area (Å²) in [5.74, 6) is -2.13. The molecule has 18 heavy (non-hydrogen) atoms. The molecule has 0 saturated carbocycles. The van der Waals surface area contributed by atoms with Gasteiger partial charge in [0.05, 0.1) is 15.6 Å². The van der Waals surface area contributed by atoms with E-state index in [1.54, 1.807) is 0 Å². The molecule has 0 aromatic heterocycles. The summed E-state index contributed by atoms with van der Waals surface area (Å²) in [6, 6.07) is 4.45. The zero-order chi connectivity index (χ0) is 13.1. The van der Waals surface area contributed by atoms with Crippen molar-refractivity contribution in [2.75, 3.05) is 5.75 Å². The number of benzene rings is 1. The molecule has 1 rings (SSSR count). The molecule has 0 heterocycles. The minimum absolute atomic E-state index is 0. The number of carbonyl (C=O) groups is 1. The molecule has 1 aromatic carbocycles. The molecule has 0 bridgehead atoms. The zero-order valence-corrected chi connectivity index (χ0v) is 12.3. The van der Waals surface area contributed by atoms with Crippen molar-refractivity contribution in [3.05, 3.63) is 34.4 Å². The Labute approximate surface area is 125 Å². The number of carboxylic acid groups (broad SMARTS) is 1. The third kappa shape index (κ3) is 4.73. The SMILES string of the molecule is O=C([O-])CCS(=O)(=O)c1cccc([N+](=O)[O-])c1.[Na+]. The van der Waals surface area contributed by atoms with Crippen LogP contribution in [0.5, 0.6) is 0 Å². The van der Waals surface area contributed by atoms with Gasteiger partial charge in [0.25, 0.3) is 5.69 Å². The van der Waals surface area contributed by atoms with Crippen LogP contribution in [-0.4, -0.2) is 25.1 Å². The van der Waals surface area contributed by atoms with Gasteiger partial charge in [-0.05, 0) is 6.07 Å². The van der Waals surface area contributed by atoms with Crippen molar-refractivity contribution in [2.24, 2.45) is 0 Å². The number of carbonyl (C=O) groups excluding carboxylic acids is 1. The van der Waals surface area contributed by atoms with Gasteiger partial charge in [-0.25, -0.2) is 8.42 Å². The van der Waals surface area contributed by atoms with Gasteiger partial charge < -0.3 is 9.90 Å². The monoisotopic (exact) mass is 281 g/mol. The van der Waals surface area contributed by atoms with E-state index in [9.17, 15) is 28.4 Å². The molecule has 92 valence electrons. The molecule has 0 aliphatic rings. The van der Waals surface area contributed by atoms with Crippen LogP contribution in [0, 0.1) is 10.1 Å². The maximum atomic E-state index is 11.6. The zero-order valence-electron chi connectivity index (χ0n) is 9.53. The molecule has 0 spiro atoms. The number of hydrogen-bond acceptors (Lipinski definition) is 6. The number of rotatable bonds is 5. The van der Waals surface area contributed by atoms with E-state index in [4.69, 9.17) is 0 Å². The normalized spacial score (nSPS) is 10.4. The molecule has 0 aliphatic carbocycles. The summed E-state index contributed by atoms with van der Waals surface area (Å²) in [7, 11) is -3.84. The summed E-state index contributed by atoms with van der Waals surface area (Å²) in [4.78, 5) is 19.6. The summed E-state index contributed by atoms with van der Waals surface area (Å²) in [6.07, 6.45) is -0.648. The summed E-state index contributed by atoms with van der Waals surface area (Å²) >= 11 is 0. The van der Waals surface area contributed by atoms with Crippen molar-refractivity contribution in [3.8, 4) is 0 Å². The molecule has 7 nitrogen and oxygen atoms in total. The van der Waals surface area contributed by atoms with E-state index in [2.05, 4.69) is 0 Å². The summed E-state index contributed by atoms with van der Waals surface area (Å²) < 4.78 is 23.2. The number of non-ortho nitro benzene ring substituents is 1. The fourth-order valence-electron chi connectivity index (χ4n) is 1.13. The Kier molecular flexibility index (Phi) is 6.47. The quantitative estimate of drug-likeness (QED) is 0.314. The smallest absolute Gasteiger partial charge is 0.550 e. The first-order chi connectivity index (χ1) is 7.83. The maximum Gasteiger partial charge on any atom is 1.00 e. The topological polar surface area (TPSA) is 117 Å². The van der Waals surface area contributed by atoms with Crippen molar-refractivity contribution in [3.63, 3.8) is 0 Å². The predicted molar refractivity (Wildman–Crippen MR) is 54.8 cm³/mol. The standard InChI is InChI=1S/C9H9NO6S.Na/c11-9(12)4-5-17(15,16)8-3-1-2-7(6-8)10(13)14;/h1-3,6H,4-5H2,(H,11,12);/q;+1/p-1. The summed E-state index contributed by atoms with van der Waals surface area (Å²) in [5, 5.41) is 20.6. The first-order valence-corrected chi connectivity index (χ1v) is 6.15. The summed E-state index contributed by atoms with van der Waals surface area (Å²) in [5.41, 5.74) is -0.362. The third-order valence-corrected chi connectivity index (χ3v) is 3.68. The van der Waals surface area contributed by atoms with E-state index >= 15 is 0 Å². The molecule has 0 aliphatic heterocycles. The molecular formula is C9H8NNaO6S. The van der Waals surface area contributed by atoms with Crippen LogP contribution in [0.4, 0.5) is 5.69 Å². The van der Waals surface area contributed by atoms with Crippen LogP contribution in [0.2, 0.25) is 0 Å². The van der Waals surface area contributed by atoms with E-state index in [0.29, 0.717) is 0 Å². The number of aliphatic carboxylic acids is 1. The van der Waals surface area contributed by atoms with Gasteiger partial charge in [0.1, 0.15) is 0 Å². The molecule has 0 N–H and O–H groups in total. The van der Waals surface area contributed by atoms with Crippen LogP contribution in [-0.2, 0) is 14.6 Å². The van der Waals surface area contributed by atoms with Crippen molar-refractivity contribution < 1.29 is 52.8 Å². The van der Waals surface area contributed by atoms with Crippen LogP contribution >= 0.6 is 0 Å². The first-order valence-electron chi connectivity index (χ1n) is 4.50. The van der Waals surface area contributed by atoms with Gasteiger partial charge in [0, 0.05) is 24.5 Å². The number of hydrogen-bond donors (Lipinski definition) is 0. The Morgan fingerprint density at radius 3 is 2.44 bits per heavy atom. The van der Waals surface area contributed by atoms with E-state index in [1.807, 2.05) is 0 Å². The fourth-order valence-corrected chi connectivity index (χ4v) is 2.38. The molecule has 0 atom stereocenters. The third-order valence-electron chi connectivity index (χ3n) is 1.96. The van der Waals surface area contributed by atoms with Gasteiger partial charge in [0.2, 0.25) is 0 Å². The van der Waals surface area contributed by atoms with E-state index in [0.717, 1.165) is 12.1 Å². The van der Waals surface area contributed by atoms with Gasteiger partial charge in [-0.15, -0.1) is 0 Å². The van der Waals surface area contributed by atoms with Crippen LogP contribution in [0.3, 0.4) is 0 Å². The fraction of sp³-hybridized carbons (Fsp3) is 0.222. The largest absolute Gasteiger partial charge is 1.00 e. The van der Waals surface area contributed by atoms with Crippen LogP contribution in [0.15, 0.2) is 29.2 Å². The predicted octanol–water partition coefficient (Wildman–Crippen LogP) is -3.49. The average Bonchev–Trinajstić information content (AvgIpc) is 2.27. The number of nitro benzene ring substituents is 1. The number of nitro groups is 1. The van der Waals surface area contributed by atoms with Gasteiger partial charge in [-0.2, -0.15) is 0 Å². The van der Waals surface area contributed by atoms with Gasteiger partial charge >= 0.3 is 29.6 Å². The molecule has 9 heteroatoms. The van der Waals surface area contributed by atoms with E-state index in [1.165, 1.54) is 12.1 Å². The minimum atomic E-state index is -3.84. The Bertz CT molecular complexity index is 556. The average molecular weight is 281 g/mol. The summed E-state index contributed by atoms with van der Waals surface area (Å²) in [6.45, 7) is 0. The molecule has 0 amide bonds. The van der Waals surface area contributed by atoms with Crippen LogP contribution in [0.25, 0.3) is 0 Å². The van der Waals surface area contributed by atoms with Crippen molar-refractivity contribution in [2.45, 2.75) is 11.3 Å². The molecule has 1 aromatic rings. The van der Waals surface area contributed by atoms with Gasteiger partial charge in [-0.3, -0.25) is 10.1 Å². The maximum absolute atomic E-state index is 11.6. The van der Waals surface area contributed by atoms with Crippen molar-refractivity contribution in [1.82, 2.24) is 0 Å². The number of sulfone groups is 1. The van der Waals surface area contributed by atoms with Crippen LogP contribution < -0.4 is 34.7 Å². The Morgan fingerprint density at radius 2 is 1.94 bits per heavy atom. The van der Waals surface area contributed by atoms with Gasteiger partial charge in [0.15, 0.2) is 9.84 Å². The van der Waals surface area contributed by atoms with E-state index < -0.39 is 32.9 Å². The minimum Gasteiger partial charge on any atom is -0.550 e. The van der Waals surface area contributed by atoms with Gasteiger partial charge in [-0.1, -0.05) is 6.07 Å². The van der Waals surface area contributed by atoms with Crippen LogP contribution in [0.1, 0.15) is 6.42 Å². The second-order valence-corrected chi connectivity index (χ2v) is 5.30. The van der Waals surface area contributed by atoms with Crippen molar-refractivity contribution in [1.29, 1.82) is 0 Å². The second-order valence-electron chi connectivity index (χ2n) is 3.20. The first kappa shape index (κ1) is 17.0. The Balaban J connectivity index is 0.00000289. The van der Waals surface area contributed by atoms with E-state index in [-0.39, 0.29) is 40.1 Å². The molecule has 0 saturated heterocycles. The number of nitrogens with zero attached hydrogens (tertiary/aromatic N) is 1. The Hall–Kier alpha value is -0.960. The Morgan fingerprint density at radius 1 is 1.33 bits per heavy atom. The van der Waals surface area contributed by atoms with Crippen molar-refractivity contribution >= 4 is 21.5 Å². The second kappa shape index (κ2) is 6.83. The molecule has 0 fully saturated rings. The molecule has 0 radical (unpaired) electrons. The number of carboxylic acids is 1. The molecule has 0 unspecified atom stereocenters.